The summed E-state index contributed by atoms with van der Waals surface area (Å²) in [7, 11) is 0. The van der Waals surface area contributed by atoms with Crippen LogP contribution in [0.5, 0.6) is 0 Å². The molecule has 330 valence electrons. The molecule has 1 rings (SSSR count). The molecular weight excluding hydrogens is 782 g/mol. The minimum absolute atomic E-state index is 0.0357. The van der Waals surface area contributed by atoms with Crippen molar-refractivity contribution in [3.05, 3.63) is 18.2 Å². The maximum absolute atomic E-state index is 13.7. The molecule has 7 amide bonds. The lowest BCUT2D eigenvalue weighted by molar-refractivity contribution is -0.141. The van der Waals surface area contributed by atoms with Crippen LogP contribution in [0.15, 0.2) is 17.5 Å². The first kappa shape index (κ1) is 50.6. The highest BCUT2D eigenvalue weighted by atomic mass is 16.4. The summed E-state index contributed by atoms with van der Waals surface area (Å²) in [5.41, 5.74) is 16.8. The highest BCUT2D eigenvalue weighted by Crippen LogP contribution is 2.08. The molecular formula is C34H57N13O12. The zero-order chi connectivity index (χ0) is 44.8. The SMILES string of the molecule is CC(C)C[C@H](NC(=O)[C@H](Cc1cnc[nH]1)NC(=O)[C@H](C)NC(=O)[C@H](CCCN=C(N)N)NC(=O)[C@H](CO)NC(=O)[C@@H](N)CCC(=O)O)C(=O)NCC(=O)N[C@@H](C)C(=O)O. The average Bonchev–Trinajstić information content (AvgIpc) is 3.68. The van der Waals surface area contributed by atoms with E-state index in [-0.39, 0.29) is 50.5 Å². The fourth-order valence-corrected chi connectivity index (χ4v) is 5.05. The molecule has 0 spiro atoms. The van der Waals surface area contributed by atoms with Crippen molar-refractivity contribution in [3.63, 3.8) is 0 Å². The molecule has 0 aliphatic carbocycles. The Morgan fingerprint density at radius 2 is 1.34 bits per heavy atom. The van der Waals surface area contributed by atoms with Crippen molar-refractivity contribution in [2.24, 2.45) is 28.1 Å². The van der Waals surface area contributed by atoms with Crippen LogP contribution in [0.25, 0.3) is 0 Å². The topological polar surface area (TPSA) is 418 Å². The van der Waals surface area contributed by atoms with E-state index in [0.717, 1.165) is 0 Å². The predicted octanol–water partition coefficient (Wildman–Crippen LogP) is -5.61. The number of carbonyl (C=O) groups is 9. The smallest absolute Gasteiger partial charge is 0.325 e. The van der Waals surface area contributed by atoms with Crippen LogP contribution >= 0.6 is 0 Å². The van der Waals surface area contributed by atoms with Gasteiger partial charge in [0.25, 0.3) is 0 Å². The number of carboxylic acid groups (broad SMARTS) is 2. The summed E-state index contributed by atoms with van der Waals surface area (Å²) in [5, 5.41) is 44.4. The summed E-state index contributed by atoms with van der Waals surface area (Å²) < 4.78 is 0. The Kier molecular flexibility index (Phi) is 22.1. The molecule has 0 aliphatic rings. The molecule has 0 aromatic carbocycles. The van der Waals surface area contributed by atoms with Crippen molar-refractivity contribution in [2.75, 3.05) is 19.7 Å². The molecule has 1 aromatic heterocycles. The number of aromatic amines is 1. The number of aliphatic hydroxyl groups excluding tert-OH is 1. The largest absolute Gasteiger partial charge is 0.481 e. The van der Waals surface area contributed by atoms with E-state index in [1.54, 1.807) is 13.8 Å². The summed E-state index contributed by atoms with van der Waals surface area (Å²) in [4.78, 5) is 124. The Labute approximate surface area is 339 Å². The second-order valence-corrected chi connectivity index (χ2v) is 13.9. The van der Waals surface area contributed by atoms with Crippen molar-refractivity contribution >= 4 is 59.2 Å². The number of imidazole rings is 1. The minimum Gasteiger partial charge on any atom is -0.481 e. The number of hydrogen-bond donors (Lipinski definition) is 14. The van der Waals surface area contributed by atoms with Crippen LogP contribution < -0.4 is 54.4 Å². The number of nitrogens with one attached hydrogen (secondary N) is 8. The number of carboxylic acids is 2. The fraction of sp³-hybridized carbons (Fsp3) is 0.618. The van der Waals surface area contributed by atoms with E-state index in [4.69, 9.17) is 27.4 Å². The maximum Gasteiger partial charge on any atom is 0.325 e. The zero-order valence-corrected chi connectivity index (χ0v) is 33.3. The van der Waals surface area contributed by atoms with Gasteiger partial charge in [0.15, 0.2) is 5.96 Å². The second kappa shape index (κ2) is 25.8. The Hall–Kier alpha value is -6.37. The molecule has 0 radical (unpaired) electrons. The molecule has 7 atom stereocenters. The van der Waals surface area contributed by atoms with Crippen LogP contribution in [0.2, 0.25) is 0 Å². The third-order valence-corrected chi connectivity index (χ3v) is 8.27. The standard InChI is InChI=1S/C34H57N13O12/c1-16(2)10-22(29(54)40-13-25(49)42-18(4)33(58)59)46-31(56)23(11-19-12-38-15-41-19)45-27(52)17(3)43-30(55)21(6-5-9-39-34(36)37)44-32(57)24(14-48)47-28(53)20(35)7-8-26(50)51/h12,15-18,20-24,48H,5-11,13-14,35H2,1-4H3,(H,38,41)(H,40,54)(H,42,49)(H,43,55)(H,44,57)(H,45,52)(H,46,56)(H,47,53)(H,50,51)(H,58,59)(H4,36,37,39)/t17-,18-,20-,21-,22-,23-,24-/m0/s1. The first-order valence-electron chi connectivity index (χ1n) is 18.6. The fourth-order valence-electron chi connectivity index (χ4n) is 5.05. The molecule has 0 unspecified atom stereocenters. The van der Waals surface area contributed by atoms with Crippen LogP contribution in [0.1, 0.15) is 65.5 Å². The third-order valence-electron chi connectivity index (χ3n) is 8.27. The van der Waals surface area contributed by atoms with Crippen molar-refractivity contribution < 1.29 is 58.5 Å². The molecule has 25 heteroatoms. The average molecular weight is 840 g/mol. The van der Waals surface area contributed by atoms with E-state index in [1.807, 2.05) is 0 Å². The first-order valence-corrected chi connectivity index (χ1v) is 18.6. The normalized spacial score (nSPS) is 14.4. The molecule has 1 aromatic rings. The lowest BCUT2D eigenvalue weighted by atomic mass is 10.0. The van der Waals surface area contributed by atoms with Gasteiger partial charge in [-0.05, 0) is 45.4 Å². The summed E-state index contributed by atoms with van der Waals surface area (Å²) in [6, 6.07) is -9.42. The summed E-state index contributed by atoms with van der Waals surface area (Å²) in [6.07, 6.45) is 2.03. The van der Waals surface area contributed by atoms with E-state index in [0.29, 0.717) is 5.69 Å². The summed E-state index contributed by atoms with van der Waals surface area (Å²) in [5.74, 6) is -8.92. The number of aliphatic carboxylic acids is 2. The molecule has 17 N–H and O–H groups in total. The van der Waals surface area contributed by atoms with Crippen LogP contribution in [0.3, 0.4) is 0 Å². The number of guanidine groups is 1. The first-order chi connectivity index (χ1) is 27.6. The van der Waals surface area contributed by atoms with E-state index in [9.17, 15) is 48.3 Å². The molecule has 0 bridgehead atoms. The van der Waals surface area contributed by atoms with E-state index in [1.165, 1.54) is 26.4 Å². The Bertz CT molecular complexity index is 1640. The third kappa shape index (κ3) is 20.1. The Morgan fingerprint density at radius 3 is 1.90 bits per heavy atom. The summed E-state index contributed by atoms with van der Waals surface area (Å²) >= 11 is 0. The van der Waals surface area contributed by atoms with Gasteiger partial charge in [-0.1, -0.05) is 13.8 Å². The second-order valence-electron chi connectivity index (χ2n) is 13.9. The molecule has 0 saturated heterocycles. The van der Waals surface area contributed by atoms with Crippen molar-refractivity contribution in [3.8, 4) is 0 Å². The quantitative estimate of drug-likeness (QED) is 0.0223. The van der Waals surface area contributed by atoms with Crippen LogP contribution in [0, 0.1) is 5.92 Å². The van der Waals surface area contributed by atoms with Gasteiger partial charge in [-0.3, -0.25) is 48.1 Å². The number of H-pyrrole nitrogens is 1. The van der Waals surface area contributed by atoms with Gasteiger partial charge in [0.05, 0.1) is 25.5 Å². The lowest BCUT2D eigenvalue weighted by Crippen LogP contribution is -2.59. The van der Waals surface area contributed by atoms with E-state index in [2.05, 4.69) is 52.2 Å². The zero-order valence-electron chi connectivity index (χ0n) is 33.3. The van der Waals surface area contributed by atoms with Gasteiger partial charge in [-0.15, -0.1) is 0 Å². The van der Waals surface area contributed by atoms with Crippen molar-refractivity contribution in [1.29, 1.82) is 0 Å². The minimum atomic E-state index is -1.60. The van der Waals surface area contributed by atoms with Crippen LogP contribution in [-0.2, 0) is 49.6 Å². The molecule has 0 saturated carbocycles. The van der Waals surface area contributed by atoms with Gasteiger partial charge in [-0.25, -0.2) is 4.98 Å². The van der Waals surface area contributed by atoms with Gasteiger partial charge < -0.3 is 74.7 Å². The predicted molar refractivity (Wildman–Crippen MR) is 207 cm³/mol. The van der Waals surface area contributed by atoms with Gasteiger partial charge in [-0.2, -0.15) is 0 Å². The number of nitrogens with zero attached hydrogens (tertiary/aromatic N) is 2. The molecule has 59 heavy (non-hydrogen) atoms. The van der Waals surface area contributed by atoms with Gasteiger partial charge in [0.1, 0.15) is 36.3 Å². The molecule has 1 heterocycles. The van der Waals surface area contributed by atoms with Crippen molar-refractivity contribution in [1.82, 2.24) is 47.2 Å². The highest BCUT2D eigenvalue weighted by Gasteiger charge is 2.32. The number of aliphatic hydroxyl groups is 1. The Balaban J connectivity index is 3.16. The Morgan fingerprint density at radius 1 is 0.746 bits per heavy atom. The number of aliphatic imine (C=N–C) groups is 1. The number of rotatable bonds is 27. The number of aromatic nitrogens is 2. The molecule has 25 nitrogen and oxygen atoms in total. The number of nitrogens with two attached hydrogens (primary N) is 3. The number of hydrogen-bond acceptors (Lipinski definition) is 13. The maximum atomic E-state index is 13.7. The monoisotopic (exact) mass is 839 g/mol. The highest BCUT2D eigenvalue weighted by molar-refractivity contribution is 5.97. The van der Waals surface area contributed by atoms with Crippen LogP contribution in [0.4, 0.5) is 0 Å². The van der Waals surface area contributed by atoms with E-state index >= 15 is 0 Å². The number of amides is 7. The lowest BCUT2D eigenvalue weighted by Gasteiger charge is -2.26. The van der Waals surface area contributed by atoms with Crippen molar-refractivity contribution in [2.45, 2.75) is 109 Å². The van der Waals surface area contributed by atoms with Crippen LogP contribution in [-0.4, -0.2) is 147 Å². The van der Waals surface area contributed by atoms with E-state index < -0.39 is 115 Å². The van der Waals surface area contributed by atoms with Gasteiger partial charge in [0.2, 0.25) is 41.4 Å². The summed E-state index contributed by atoms with van der Waals surface area (Å²) in [6.45, 7) is 4.61. The number of carbonyl (C=O) groups excluding carboxylic acids is 7. The molecule has 0 aliphatic heterocycles. The molecule has 0 fully saturated rings. The van der Waals surface area contributed by atoms with Gasteiger partial charge in [0, 0.05) is 31.3 Å². The van der Waals surface area contributed by atoms with Gasteiger partial charge >= 0.3 is 11.9 Å².